The standard InChI is InChI=1S/C28H37N5O2/c1-18-14-25(34)27(28(35)31(5)20(3)26-19(2)30-32(6)21(26)4)24(15-22-10-7-8-11-22)33(18)17-23-12-9-13-29-16-23/h9,12-14,16,20,22H,7-8,10-11,15,17H2,1-6H3. The van der Waals surface area contributed by atoms with Gasteiger partial charge in [-0.05, 0) is 51.7 Å². The summed E-state index contributed by atoms with van der Waals surface area (Å²) in [7, 11) is 3.71. The maximum absolute atomic E-state index is 14.0. The number of aryl methyl sites for hydroxylation is 3. The Labute approximate surface area is 207 Å². The van der Waals surface area contributed by atoms with Crippen LogP contribution in [-0.4, -0.2) is 37.2 Å². The Kier molecular flexibility index (Phi) is 7.24. The maximum atomic E-state index is 14.0. The molecular formula is C28H37N5O2. The molecule has 0 bridgehead atoms. The van der Waals surface area contributed by atoms with Crippen molar-refractivity contribution in [3.8, 4) is 0 Å². The van der Waals surface area contributed by atoms with Crippen LogP contribution >= 0.6 is 0 Å². The van der Waals surface area contributed by atoms with Gasteiger partial charge in [-0.15, -0.1) is 0 Å². The number of carbonyl (C=O) groups excluding carboxylic acids is 1. The average molecular weight is 476 g/mol. The molecule has 0 spiro atoms. The predicted molar refractivity (Wildman–Crippen MR) is 138 cm³/mol. The zero-order valence-electron chi connectivity index (χ0n) is 21.8. The van der Waals surface area contributed by atoms with Crippen molar-refractivity contribution in [3.05, 3.63) is 80.3 Å². The van der Waals surface area contributed by atoms with Gasteiger partial charge in [0.05, 0.1) is 11.7 Å². The van der Waals surface area contributed by atoms with Gasteiger partial charge in [0, 0.05) is 61.7 Å². The van der Waals surface area contributed by atoms with Crippen molar-refractivity contribution in [2.75, 3.05) is 7.05 Å². The van der Waals surface area contributed by atoms with Crippen LogP contribution in [0.1, 0.15) is 82.9 Å². The van der Waals surface area contributed by atoms with Crippen molar-refractivity contribution in [3.63, 3.8) is 0 Å². The highest BCUT2D eigenvalue weighted by atomic mass is 16.2. The minimum Gasteiger partial charge on any atom is -0.343 e. The van der Waals surface area contributed by atoms with E-state index < -0.39 is 0 Å². The van der Waals surface area contributed by atoms with E-state index in [9.17, 15) is 9.59 Å². The fourth-order valence-electron chi connectivity index (χ4n) is 5.59. The number of aromatic nitrogens is 4. The van der Waals surface area contributed by atoms with Crippen LogP contribution in [0, 0.1) is 26.7 Å². The summed E-state index contributed by atoms with van der Waals surface area (Å²) in [6.45, 7) is 8.53. The smallest absolute Gasteiger partial charge is 0.259 e. The SMILES string of the molecule is Cc1nn(C)c(C)c1C(C)N(C)C(=O)c1c(CC2CCCC2)n(Cc2cccnc2)c(C)cc1=O. The lowest BCUT2D eigenvalue weighted by atomic mass is 9.96. The molecule has 0 aliphatic heterocycles. The summed E-state index contributed by atoms with van der Waals surface area (Å²) < 4.78 is 4.00. The van der Waals surface area contributed by atoms with Gasteiger partial charge in [0.25, 0.3) is 5.91 Å². The normalized spacial score (nSPS) is 14.9. The number of carbonyl (C=O) groups is 1. The number of hydrogen-bond acceptors (Lipinski definition) is 4. The molecule has 1 fully saturated rings. The van der Waals surface area contributed by atoms with Gasteiger partial charge in [-0.1, -0.05) is 31.7 Å². The zero-order chi connectivity index (χ0) is 25.3. The molecule has 1 aliphatic carbocycles. The van der Waals surface area contributed by atoms with Crippen molar-refractivity contribution >= 4 is 5.91 Å². The number of hydrogen-bond donors (Lipinski definition) is 0. The minimum absolute atomic E-state index is 0.193. The molecule has 0 N–H and O–H groups in total. The summed E-state index contributed by atoms with van der Waals surface area (Å²) in [5.74, 6) is 0.270. The third kappa shape index (κ3) is 4.95. The molecule has 186 valence electrons. The van der Waals surface area contributed by atoms with Gasteiger partial charge in [0.15, 0.2) is 5.43 Å². The Balaban J connectivity index is 1.79. The first-order valence-electron chi connectivity index (χ1n) is 12.6. The highest BCUT2D eigenvalue weighted by Crippen LogP contribution is 2.31. The molecule has 1 atom stereocenters. The molecule has 1 saturated carbocycles. The number of nitrogens with zero attached hydrogens (tertiary/aromatic N) is 5. The molecule has 3 heterocycles. The molecule has 1 aliphatic rings. The van der Waals surface area contributed by atoms with Gasteiger partial charge in [0.2, 0.25) is 0 Å². The van der Waals surface area contributed by atoms with E-state index in [0.29, 0.717) is 18.0 Å². The van der Waals surface area contributed by atoms with E-state index in [1.165, 1.54) is 12.8 Å². The molecule has 3 aromatic heterocycles. The number of rotatable bonds is 7. The largest absolute Gasteiger partial charge is 0.343 e. The highest BCUT2D eigenvalue weighted by molar-refractivity contribution is 5.95. The predicted octanol–water partition coefficient (Wildman–Crippen LogP) is 4.52. The Morgan fingerprint density at radius 1 is 1.23 bits per heavy atom. The van der Waals surface area contributed by atoms with Crippen LogP contribution in [0.4, 0.5) is 0 Å². The van der Waals surface area contributed by atoms with Gasteiger partial charge in [-0.3, -0.25) is 19.3 Å². The molecule has 0 radical (unpaired) electrons. The van der Waals surface area contributed by atoms with Crippen molar-refractivity contribution < 1.29 is 4.79 Å². The molecule has 7 heteroatoms. The number of pyridine rings is 2. The Bertz CT molecular complexity index is 1270. The summed E-state index contributed by atoms with van der Waals surface area (Å²) in [5.41, 5.74) is 5.85. The van der Waals surface area contributed by atoms with E-state index in [2.05, 4.69) is 14.6 Å². The van der Waals surface area contributed by atoms with E-state index in [1.54, 1.807) is 24.2 Å². The molecule has 0 saturated heterocycles. The van der Waals surface area contributed by atoms with E-state index in [1.807, 2.05) is 57.8 Å². The minimum atomic E-state index is -0.224. The fraction of sp³-hybridized carbons (Fsp3) is 0.500. The number of amides is 1. The molecule has 1 amide bonds. The summed E-state index contributed by atoms with van der Waals surface area (Å²) in [6.07, 6.45) is 9.05. The lowest BCUT2D eigenvalue weighted by molar-refractivity contribution is 0.0738. The van der Waals surface area contributed by atoms with Crippen LogP contribution in [0.25, 0.3) is 0 Å². The third-order valence-corrected chi connectivity index (χ3v) is 7.74. The van der Waals surface area contributed by atoms with Crippen LogP contribution in [-0.2, 0) is 20.0 Å². The van der Waals surface area contributed by atoms with Crippen LogP contribution < -0.4 is 5.43 Å². The van der Waals surface area contributed by atoms with Crippen molar-refractivity contribution in [1.29, 1.82) is 0 Å². The first-order valence-corrected chi connectivity index (χ1v) is 12.6. The van der Waals surface area contributed by atoms with E-state index in [0.717, 1.165) is 53.2 Å². The fourth-order valence-corrected chi connectivity index (χ4v) is 5.59. The molecule has 1 unspecified atom stereocenters. The molecular weight excluding hydrogens is 438 g/mol. The lowest BCUT2D eigenvalue weighted by Crippen LogP contribution is -2.36. The monoisotopic (exact) mass is 475 g/mol. The van der Waals surface area contributed by atoms with E-state index >= 15 is 0 Å². The third-order valence-electron chi connectivity index (χ3n) is 7.74. The van der Waals surface area contributed by atoms with E-state index in [-0.39, 0.29) is 17.4 Å². The molecule has 0 aromatic carbocycles. The second-order valence-electron chi connectivity index (χ2n) is 10.1. The van der Waals surface area contributed by atoms with Crippen molar-refractivity contribution in [2.45, 2.75) is 72.4 Å². The van der Waals surface area contributed by atoms with Gasteiger partial charge in [0.1, 0.15) is 5.56 Å². The van der Waals surface area contributed by atoms with Crippen molar-refractivity contribution in [1.82, 2.24) is 24.2 Å². The molecule has 3 aromatic rings. The quantitative estimate of drug-likeness (QED) is 0.504. The highest BCUT2D eigenvalue weighted by Gasteiger charge is 2.30. The maximum Gasteiger partial charge on any atom is 0.259 e. The average Bonchev–Trinajstić information content (AvgIpc) is 3.43. The zero-order valence-corrected chi connectivity index (χ0v) is 21.8. The van der Waals surface area contributed by atoms with Crippen LogP contribution in [0.5, 0.6) is 0 Å². The molecule has 4 rings (SSSR count). The van der Waals surface area contributed by atoms with Gasteiger partial charge >= 0.3 is 0 Å². The molecule has 7 nitrogen and oxygen atoms in total. The first-order chi connectivity index (χ1) is 16.7. The Hall–Kier alpha value is -3.22. The molecule has 35 heavy (non-hydrogen) atoms. The Morgan fingerprint density at radius 2 is 1.94 bits per heavy atom. The van der Waals surface area contributed by atoms with Crippen LogP contribution in [0.3, 0.4) is 0 Å². The topological polar surface area (TPSA) is 73.0 Å². The van der Waals surface area contributed by atoms with Crippen LogP contribution in [0.2, 0.25) is 0 Å². The van der Waals surface area contributed by atoms with E-state index in [4.69, 9.17) is 0 Å². The van der Waals surface area contributed by atoms with Gasteiger partial charge in [-0.2, -0.15) is 5.10 Å². The summed E-state index contributed by atoms with van der Waals surface area (Å²) in [6, 6.07) is 5.36. The van der Waals surface area contributed by atoms with Gasteiger partial charge < -0.3 is 9.47 Å². The summed E-state index contributed by atoms with van der Waals surface area (Å²) in [5, 5.41) is 4.53. The van der Waals surface area contributed by atoms with Gasteiger partial charge in [-0.25, -0.2) is 0 Å². The lowest BCUT2D eigenvalue weighted by Gasteiger charge is -2.28. The summed E-state index contributed by atoms with van der Waals surface area (Å²) in [4.78, 5) is 33.4. The summed E-state index contributed by atoms with van der Waals surface area (Å²) >= 11 is 0. The van der Waals surface area contributed by atoms with Crippen molar-refractivity contribution in [2.24, 2.45) is 13.0 Å². The first kappa shape index (κ1) is 24.9. The van der Waals surface area contributed by atoms with Crippen LogP contribution in [0.15, 0.2) is 35.4 Å². The second kappa shape index (κ2) is 10.2. The second-order valence-corrected chi connectivity index (χ2v) is 10.1. The Morgan fingerprint density at radius 3 is 2.54 bits per heavy atom.